The molecule has 0 spiro atoms. The lowest BCUT2D eigenvalue weighted by Crippen LogP contribution is -2.40. The third-order valence-electron chi connectivity index (χ3n) is 9.54. The predicted molar refractivity (Wildman–Crippen MR) is 212 cm³/mol. The van der Waals surface area contributed by atoms with E-state index < -0.39 is 12.0 Å². The Morgan fingerprint density at radius 2 is 1.54 bits per heavy atom. The molecule has 7 rings (SSSR count). The van der Waals surface area contributed by atoms with E-state index in [2.05, 4.69) is 99.0 Å². The highest BCUT2D eigenvalue weighted by Crippen LogP contribution is 2.37. The minimum absolute atomic E-state index is 0.192. The minimum atomic E-state index is -0.661. The van der Waals surface area contributed by atoms with Crippen LogP contribution in [-0.2, 0) is 9.53 Å². The molecule has 0 bridgehead atoms. The van der Waals surface area contributed by atoms with E-state index in [4.69, 9.17) is 9.73 Å². The van der Waals surface area contributed by atoms with E-state index in [9.17, 15) is 9.59 Å². The van der Waals surface area contributed by atoms with Gasteiger partial charge in [-0.25, -0.2) is 9.79 Å². The molecule has 0 saturated carbocycles. The second-order valence-corrected chi connectivity index (χ2v) is 14.5. The van der Waals surface area contributed by atoms with E-state index in [1.807, 2.05) is 54.6 Å². The molecule has 3 heterocycles. The number of fused-ring (bicyclic) bond motifs is 1. The van der Waals surface area contributed by atoms with E-state index in [0.717, 1.165) is 45.7 Å². The van der Waals surface area contributed by atoms with Crippen molar-refractivity contribution in [1.29, 1.82) is 0 Å². The van der Waals surface area contributed by atoms with Gasteiger partial charge in [-0.3, -0.25) is 9.36 Å². The number of hydrogen-bond acceptors (Lipinski definition) is 5. The number of ether oxygens (including phenoxy) is 1. The van der Waals surface area contributed by atoms with Crippen LogP contribution >= 0.6 is 11.3 Å². The summed E-state index contributed by atoms with van der Waals surface area (Å²) in [4.78, 5) is 34.1. The number of esters is 1. The van der Waals surface area contributed by atoms with Gasteiger partial charge in [-0.05, 0) is 72.7 Å². The minimum Gasteiger partial charge on any atom is -0.463 e. The van der Waals surface area contributed by atoms with Gasteiger partial charge in [0.25, 0.3) is 5.56 Å². The standard InChI is InChI=1S/C45H43N3O3S/c1-6-14-37-40(44(50)51-7-2)42(34-23-21-31(22-24-34)29(3)4)48-43(49)39(52-45(48)46-37)28-35-27-38(32-15-10-8-11-16-32)47(36-25-19-30(5)20-26-36)41(35)33-17-12-9-13-18-33/h8-13,15-29,42H,6-7,14H2,1-5H3/b39-28-/t42-/m1/s1. The molecule has 1 atom stereocenters. The number of aryl methyl sites for hydroxylation is 1. The van der Waals surface area contributed by atoms with E-state index in [1.54, 1.807) is 11.5 Å². The fourth-order valence-corrected chi connectivity index (χ4v) is 7.97. The number of rotatable bonds is 10. The van der Waals surface area contributed by atoms with E-state index >= 15 is 0 Å². The van der Waals surface area contributed by atoms with Crippen molar-refractivity contribution in [2.24, 2.45) is 4.99 Å². The van der Waals surface area contributed by atoms with Gasteiger partial charge in [0.05, 0.1) is 39.8 Å². The summed E-state index contributed by atoms with van der Waals surface area (Å²) < 4.78 is 10.1. The monoisotopic (exact) mass is 705 g/mol. The number of benzene rings is 4. The molecule has 2 aromatic heterocycles. The van der Waals surface area contributed by atoms with Crippen LogP contribution in [-0.4, -0.2) is 21.7 Å². The molecule has 0 radical (unpaired) electrons. The molecule has 1 aliphatic heterocycles. The van der Waals surface area contributed by atoms with Crippen LogP contribution in [0.5, 0.6) is 0 Å². The highest BCUT2D eigenvalue weighted by Gasteiger charge is 2.34. The summed E-state index contributed by atoms with van der Waals surface area (Å²) in [7, 11) is 0. The van der Waals surface area contributed by atoms with Crippen molar-refractivity contribution >= 4 is 23.4 Å². The Morgan fingerprint density at radius 3 is 2.15 bits per heavy atom. The van der Waals surface area contributed by atoms with Crippen molar-refractivity contribution in [3.05, 3.63) is 168 Å². The molecule has 0 amide bonds. The van der Waals surface area contributed by atoms with Crippen LogP contribution in [0.4, 0.5) is 0 Å². The number of nitrogens with zero attached hydrogens (tertiary/aromatic N) is 3. The average Bonchev–Trinajstić information content (AvgIpc) is 3.69. The molecule has 0 fully saturated rings. The van der Waals surface area contributed by atoms with Gasteiger partial charge >= 0.3 is 5.97 Å². The number of carbonyl (C=O) groups excluding carboxylic acids is 1. The second-order valence-electron chi connectivity index (χ2n) is 13.5. The highest BCUT2D eigenvalue weighted by molar-refractivity contribution is 7.07. The lowest BCUT2D eigenvalue weighted by molar-refractivity contribution is -0.139. The molecule has 1 aliphatic rings. The number of thiazole rings is 1. The van der Waals surface area contributed by atoms with Crippen molar-refractivity contribution in [3.63, 3.8) is 0 Å². The summed E-state index contributed by atoms with van der Waals surface area (Å²) in [5, 5.41) is 0. The Hall–Kier alpha value is -5.53. The number of hydrogen-bond donors (Lipinski definition) is 0. The zero-order valence-electron chi connectivity index (χ0n) is 30.3. The predicted octanol–water partition coefficient (Wildman–Crippen LogP) is 9.14. The van der Waals surface area contributed by atoms with Crippen molar-refractivity contribution in [2.45, 2.75) is 59.4 Å². The molecular formula is C45H43N3O3S. The molecule has 4 aromatic carbocycles. The van der Waals surface area contributed by atoms with Crippen LogP contribution in [0.25, 0.3) is 34.3 Å². The maximum absolute atomic E-state index is 14.8. The van der Waals surface area contributed by atoms with Crippen LogP contribution in [0.15, 0.2) is 136 Å². The lowest BCUT2D eigenvalue weighted by atomic mass is 9.92. The summed E-state index contributed by atoms with van der Waals surface area (Å²) in [6, 6.07) is 38.9. The van der Waals surface area contributed by atoms with Crippen LogP contribution in [0.1, 0.15) is 74.8 Å². The molecule has 0 N–H and O–H groups in total. The maximum Gasteiger partial charge on any atom is 0.338 e. The summed E-state index contributed by atoms with van der Waals surface area (Å²) in [5.41, 5.74) is 10.2. The van der Waals surface area contributed by atoms with Gasteiger partial charge < -0.3 is 9.30 Å². The molecule has 6 aromatic rings. The van der Waals surface area contributed by atoms with E-state index in [0.29, 0.717) is 32.9 Å². The molecular weight excluding hydrogens is 663 g/mol. The molecule has 0 aliphatic carbocycles. The van der Waals surface area contributed by atoms with E-state index in [1.165, 1.54) is 22.5 Å². The Labute approximate surface area is 308 Å². The first kappa shape index (κ1) is 34.9. The molecule has 7 heteroatoms. The smallest absolute Gasteiger partial charge is 0.338 e. The Kier molecular flexibility index (Phi) is 10.1. The van der Waals surface area contributed by atoms with Crippen molar-refractivity contribution in [2.75, 3.05) is 6.61 Å². The normalized spacial score (nSPS) is 14.4. The number of allylic oxidation sites excluding steroid dienone is 1. The van der Waals surface area contributed by atoms with Crippen LogP contribution in [0.2, 0.25) is 0 Å². The zero-order chi connectivity index (χ0) is 36.4. The highest BCUT2D eigenvalue weighted by atomic mass is 32.1. The fraction of sp³-hybridized carbons (Fsp3) is 0.222. The Morgan fingerprint density at radius 1 is 0.885 bits per heavy atom. The van der Waals surface area contributed by atoms with Crippen molar-refractivity contribution in [3.8, 4) is 28.2 Å². The quantitative estimate of drug-likeness (QED) is 0.134. The zero-order valence-corrected chi connectivity index (χ0v) is 31.1. The van der Waals surface area contributed by atoms with Gasteiger partial charge in [0.15, 0.2) is 4.80 Å². The first-order valence-electron chi connectivity index (χ1n) is 18.0. The largest absolute Gasteiger partial charge is 0.463 e. The summed E-state index contributed by atoms with van der Waals surface area (Å²) in [5.74, 6) is -0.0884. The summed E-state index contributed by atoms with van der Waals surface area (Å²) in [6.07, 6.45) is 3.39. The number of aromatic nitrogens is 2. The van der Waals surface area contributed by atoms with Crippen LogP contribution in [0, 0.1) is 6.92 Å². The van der Waals surface area contributed by atoms with E-state index in [-0.39, 0.29) is 12.2 Å². The summed E-state index contributed by atoms with van der Waals surface area (Å²) >= 11 is 1.37. The van der Waals surface area contributed by atoms with Gasteiger partial charge in [0.2, 0.25) is 0 Å². The molecule has 0 unspecified atom stereocenters. The van der Waals surface area contributed by atoms with Crippen LogP contribution < -0.4 is 14.9 Å². The number of carbonyl (C=O) groups is 1. The molecule has 262 valence electrons. The third-order valence-corrected chi connectivity index (χ3v) is 10.5. The van der Waals surface area contributed by atoms with Gasteiger partial charge in [0, 0.05) is 11.3 Å². The van der Waals surface area contributed by atoms with Gasteiger partial charge in [-0.1, -0.05) is 141 Å². The third kappa shape index (κ3) is 6.64. The van der Waals surface area contributed by atoms with Crippen LogP contribution in [0.3, 0.4) is 0 Å². The van der Waals surface area contributed by atoms with Gasteiger partial charge in [0.1, 0.15) is 0 Å². The molecule has 0 saturated heterocycles. The van der Waals surface area contributed by atoms with Crippen molar-refractivity contribution < 1.29 is 9.53 Å². The van der Waals surface area contributed by atoms with Crippen molar-refractivity contribution in [1.82, 2.24) is 9.13 Å². The Bertz CT molecular complexity index is 2430. The first-order chi connectivity index (χ1) is 25.3. The molecule has 52 heavy (non-hydrogen) atoms. The SMILES string of the molecule is CCCC1=C(C(=O)OCC)[C@@H](c2ccc(C(C)C)cc2)n2c(s/c(=C\c3cc(-c4ccccc4)n(-c4ccc(C)cc4)c3-c3ccccc3)c2=O)=N1. The topological polar surface area (TPSA) is 65.6 Å². The fourth-order valence-electron chi connectivity index (χ4n) is 6.96. The first-order valence-corrected chi connectivity index (χ1v) is 18.9. The average molecular weight is 706 g/mol. The summed E-state index contributed by atoms with van der Waals surface area (Å²) in [6.45, 7) is 10.5. The van der Waals surface area contributed by atoms with Gasteiger partial charge in [-0.2, -0.15) is 0 Å². The maximum atomic E-state index is 14.8. The Balaban J connectivity index is 1.51. The van der Waals surface area contributed by atoms with Gasteiger partial charge in [-0.15, -0.1) is 0 Å². The molecule has 6 nitrogen and oxygen atoms in total. The lowest BCUT2D eigenvalue weighted by Gasteiger charge is -2.26. The second kappa shape index (κ2) is 15.0.